The number of hydrogen-bond acceptors (Lipinski definition) is 5. The predicted octanol–water partition coefficient (Wildman–Crippen LogP) is 2.30. The van der Waals surface area contributed by atoms with Crippen LogP contribution in [0.5, 0.6) is 0 Å². The lowest BCUT2D eigenvalue weighted by atomic mass is 10.3. The summed E-state index contributed by atoms with van der Waals surface area (Å²) in [6.45, 7) is 0.355. The van der Waals surface area contributed by atoms with Crippen molar-refractivity contribution in [1.82, 2.24) is 4.98 Å². The summed E-state index contributed by atoms with van der Waals surface area (Å²) in [5, 5.41) is 4.67. The minimum Gasteiger partial charge on any atom is -0.377 e. The number of halogens is 1. The molecule has 7 heteroatoms. The standard InChI is InChI=1S/C11H11FN2O2S2/c1-18(15,16)9-2-3-10(12)11(4-9)13-5-8-6-17-7-14-8/h2-4,6-7,13H,5H2,1H3. The van der Waals surface area contributed by atoms with Gasteiger partial charge in [0.25, 0.3) is 0 Å². The number of thiazole rings is 1. The zero-order valence-corrected chi connectivity index (χ0v) is 11.2. The van der Waals surface area contributed by atoms with Gasteiger partial charge in [0.2, 0.25) is 0 Å². The van der Waals surface area contributed by atoms with Crippen molar-refractivity contribution >= 4 is 26.9 Å². The number of sulfone groups is 1. The molecule has 0 aliphatic carbocycles. The van der Waals surface area contributed by atoms with Crippen molar-refractivity contribution in [3.05, 3.63) is 40.6 Å². The van der Waals surface area contributed by atoms with Crippen molar-refractivity contribution in [3.63, 3.8) is 0 Å². The van der Waals surface area contributed by atoms with Crippen LogP contribution >= 0.6 is 11.3 Å². The molecule has 0 saturated carbocycles. The highest BCUT2D eigenvalue weighted by molar-refractivity contribution is 7.90. The van der Waals surface area contributed by atoms with Gasteiger partial charge in [0.15, 0.2) is 9.84 Å². The molecule has 96 valence electrons. The summed E-state index contributed by atoms with van der Waals surface area (Å²) >= 11 is 1.45. The van der Waals surface area contributed by atoms with Crippen LogP contribution in [0.15, 0.2) is 34.0 Å². The molecule has 0 bridgehead atoms. The maximum absolute atomic E-state index is 13.5. The first kappa shape index (κ1) is 13.0. The number of anilines is 1. The number of rotatable bonds is 4. The van der Waals surface area contributed by atoms with Crippen molar-refractivity contribution in [2.24, 2.45) is 0 Å². The fourth-order valence-electron chi connectivity index (χ4n) is 1.38. The van der Waals surface area contributed by atoms with Gasteiger partial charge in [0.1, 0.15) is 5.82 Å². The Morgan fingerprint density at radius 3 is 2.83 bits per heavy atom. The second-order valence-corrected chi connectivity index (χ2v) is 6.48. The highest BCUT2D eigenvalue weighted by Gasteiger charge is 2.11. The van der Waals surface area contributed by atoms with Gasteiger partial charge >= 0.3 is 0 Å². The lowest BCUT2D eigenvalue weighted by Gasteiger charge is -2.07. The van der Waals surface area contributed by atoms with Crippen LogP contribution in [0.1, 0.15) is 5.69 Å². The van der Waals surface area contributed by atoms with E-state index in [0.29, 0.717) is 6.54 Å². The molecule has 0 aliphatic heterocycles. The molecular weight excluding hydrogens is 275 g/mol. The van der Waals surface area contributed by atoms with Crippen LogP contribution in [-0.2, 0) is 16.4 Å². The number of benzene rings is 1. The smallest absolute Gasteiger partial charge is 0.175 e. The van der Waals surface area contributed by atoms with Gasteiger partial charge in [0, 0.05) is 11.6 Å². The number of aromatic nitrogens is 1. The number of nitrogens with one attached hydrogen (secondary N) is 1. The van der Waals surface area contributed by atoms with Gasteiger partial charge in [-0.25, -0.2) is 17.8 Å². The first-order chi connectivity index (χ1) is 8.47. The van der Waals surface area contributed by atoms with Crippen molar-refractivity contribution in [2.45, 2.75) is 11.4 Å². The van der Waals surface area contributed by atoms with E-state index in [0.717, 1.165) is 18.0 Å². The molecule has 0 aliphatic rings. The number of nitrogens with zero attached hydrogens (tertiary/aromatic N) is 1. The lowest BCUT2D eigenvalue weighted by Crippen LogP contribution is -2.04. The van der Waals surface area contributed by atoms with E-state index in [-0.39, 0.29) is 10.6 Å². The highest BCUT2D eigenvalue weighted by atomic mass is 32.2. The van der Waals surface area contributed by atoms with Gasteiger partial charge in [0.05, 0.1) is 28.3 Å². The molecule has 0 unspecified atom stereocenters. The molecule has 0 fully saturated rings. The minimum absolute atomic E-state index is 0.0877. The molecule has 0 spiro atoms. The first-order valence-corrected chi connectivity index (χ1v) is 7.91. The molecule has 2 rings (SSSR count). The molecule has 0 atom stereocenters. The average molecular weight is 286 g/mol. The third kappa shape index (κ3) is 3.05. The Bertz CT molecular complexity index is 639. The van der Waals surface area contributed by atoms with E-state index >= 15 is 0 Å². The Kier molecular flexibility index (Phi) is 3.63. The topological polar surface area (TPSA) is 59.1 Å². The summed E-state index contributed by atoms with van der Waals surface area (Å²) in [5.41, 5.74) is 2.62. The molecule has 1 aromatic heterocycles. The molecule has 1 heterocycles. The quantitative estimate of drug-likeness (QED) is 0.876. The summed E-state index contributed by atoms with van der Waals surface area (Å²) in [5.74, 6) is -0.488. The third-order valence-electron chi connectivity index (χ3n) is 2.31. The Morgan fingerprint density at radius 1 is 1.44 bits per heavy atom. The Hall–Kier alpha value is -1.47. The van der Waals surface area contributed by atoms with Gasteiger partial charge in [-0.1, -0.05) is 0 Å². The summed E-state index contributed by atoms with van der Waals surface area (Å²) in [7, 11) is -3.33. The molecule has 0 saturated heterocycles. The van der Waals surface area contributed by atoms with E-state index in [1.165, 1.54) is 23.5 Å². The summed E-state index contributed by atoms with van der Waals surface area (Å²) in [6, 6.07) is 3.68. The first-order valence-electron chi connectivity index (χ1n) is 5.07. The maximum Gasteiger partial charge on any atom is 0.175 e. The summed E-state index contributed by atoms with van der Waals surface area (Å²) in [4.78, 5) is 4.14. The van der Waals surface area contributed by atoms with E-state index in [2.05, 4.69) is 10.3 Å². The average Bonchev–Trinajstić information content (AvgIpc) is 2.79. The lowest BCUT2D eigenvalue weighted by molar-refractivity contribution is 0.600. The SMILES string of the molecule is CS(=O)(=O)c1ccc(F)c(NCc2cscn2)c1. The molecule has 0 amide bonds. The third-order valence-corrected chi connectivity index (χ3v) is 4.05. The van der Waals surface area contributed by atoms with Crippen LogP contribution < -0.4 is 5.32 Å². The van der Waals surface area contributed by atoms with E-state index in [9.17, 15) is 12.8 Å². The van der Waals surface area contributed by atoms with Gasteiger partial charge in [-0.2, -0.15) is 0 Å². The van der Waals surface area contributed by atoms with Crippen molar-refractivity contribution in [2.75, 3.05) is 11.6 Å². The minimum atomic E-state index is -3.33. The van der Waals surface area contributed by atoms with Crippen molar-refractivity contribution < 1.29 is 12.8 Å². The summed E-state index contributed by atoms with van der Waals surface area (Å²) in [6.07, 6.45) is 1.09. The van der Waals surface area contributed by atoms with E-state index < -0.39 is 15.7 Å². The van der Waals surface area contributed by atoms with Crippen molar-refractivity contribution in [3.8, 4) is 0 Å². The highest BCUT2D eigenvalue weighted by Crippen LogP contribution is 2.20. The van der Waals surface area contributed by atoms with Gasteiger partial charge in [-0.15, -0.1) is 11.3 Å². The molecule has 1 N–H and O–H groups in total. The summed E-state index contributed by atoms with van der Waals surface area (Å²) < 4.78 is 36.2. The van der Waals surface area contributed by atoms with Crippen LogP contribution in [0, 0.1) is 5.82 Å². The van der Waals surface area contributed by atoms with Gasteiger partial charge in [-0.3, -0.25) is 0 Å². The molecule has 4 nitrogen and oxygen atoms in total. The van der Waals surface area contributed by atoms with Crippen LogP contribution in [0.3, 0.4) is 0 Å². The monoisotopic (exact) mass is 286 g/mol. The van der Waals surface area contributed by atoms with Crippen LogP contribution in [0.4, 0.5) is 10.1 Å². The van der Waals surface area contributed by atoms with E-state index in [4.69, 9.17) is 0 Å². The Morgan fingerprint density at radius 2 is 2.22 bits per heavy atom. The van der Waals surface area contributed by atoms with E-state index in [1.807, 2.05) is 5.38 Å². The molecule has 0 radical (unpaired) electrons. The van der Waals surface area contributed by atoms with Crippen molar-refractivity contribution in [1.29, 1.82) is 0 Å². The Labute approximate surface area is 108 Å². The zero-order chi connectivity index (χ0) is 13.2. The molecule has 2 aromatic rings. The fourth-order valence-corrected chi connectivity index (χ4v) is 2.59. The molecular formula is C11H11FN2O2S2. The van der Waals surface area contributed by atoms with Crippen LogP contribution in [0.25, 0.3) is 0 Å². The van der Waals surface area contributed by atoms with Gasteiger partial charge in [-0.05, 0) is 18.2 Å². The molecule has 1 aromatic carbocycles. The second kappa shape index (κ2) is 5.03. The fraction of sp³-hybridized carbons (Fsp3) is 0.182. The van der Waals surface area contributed by atoms with Gasteiger partial charge < -0.3 is 5.32 Å². The normalized spacial score (nSPS) is 11.4. The number of hydrogen-bond donors (Lipinski definition) is 1. The zero-order valence-electron chi connectivity index (χ0n) is 9.55. The largest absolute Gasteiger partial charge is 0.377 e. The second-order valence-electron chi connectivity index (χ2n) is 3.75. The maximum atomic E-state index is 13.5. The van der Waals surface area contributed by atoms with E-state index in [1.54, 1.807) is 5.51 Å². The predicted molar refractivity (Wildman–Crippen MR) is 69.0 cm³/mol. The van der Waals surface area contributed by atoms with Crippen LogP contribution in [-0.4, -0.2) is 19.7 Å². The van der Waals surface area contributed by atoms with Crippen LogP contribution in [0.2, 0.25) is 0 Å². The Balaban J connectivity index is 2.22. The molecule has 18 heavy (non-hydrogen) atoms.